The highest BCUT2D eigenvalue weighted by Gasteiger charge is 2.21. The molecule has 0 spiro atoms. The van der Waals surface area contributed by atoms with Crippen LogP contribution >= 0.6 is 0 Å². The van der Waals surface area contributed by atoms with Gasteiger partial charge in [-0.25, -0.2) is 4.98 Å². The standard InChI is InChI=1S/C19H17F2N3O2/c1-24-12-11-22-17(24)16(13-5-3-2-4-6-13)23-18(25)14-7-9-15(10-8-14)26-19(20)21/h2-12,16,19H,1H3,(H,23,25)/t16-/m0/s1. The summed E-state index contributed by atoms with van der Waals surface area (Å²) >= 11 is 0. The number of nitrogens with zero attached hydrogens (tertiary/aromatic N) is 2. The van der Waals surface area contributed by atoms with Gasteiger partial charge in [0.1, 0.15) is 17.6 Å². The predicted octanol–water partition coefficient (Wildman–Crippen LogP) is 3.54. The Kier molecular flexibility index (Phi) is 5.26. The van der Waals surface area contributed by atoms with E-state index in [1.54, 1.807) is 12.4 Å². The lowest BCUT2D eigenvalue weighted by molar-refractivity contribution is -0.0498. The summed E-state index contributed by atoms with van der Waals surface area (Å²) in [6.45, 7) is -2.90. The number of amides is 1. The summed E-state index contributed by atoms with van der Waals surface area (Å²) in [5.41, 5.74) is 1.22. The molecule has 1 amide bonds. The van der Waals surface area contributed by atoms with Crippen molar-refractivity contribution < 1.29 is 18.3 Å². The van der Waals surface area contributed by atoms with Crippen LogP contribution in [0.25, 0.3) is 0 Å². The van der Waals surface area contributed by atoms with Crippen molar-refractivity contribution in [2.24, 2.45) is 7.05 Å². The van der Waals surface area contributed by atoms with Crippen molar-refractivity contribution in [3.05, 3.63) is 83.9 Å². The average Bonchev–Trinajstić information content (AvgIpc) is 3.06. The summed E-state index contributed by atoms with van der Waals surface area (Å²) < 4.78 is 30.6. The second kappa shape index (κ2) is 7.77. The normalized spacial score (nSPS) is 12.0. The number of aryl methyl sites for hydroxylation is 1. The Morgan fingerprint density at radius 1 is 1.12 bits per heavy atom. The average molecular weight is 357 g/mol. The molecule has 1 N–H and O–H groups in total. The van der Waals surface area contributed by atoms with Gasteiger partial charge in [-0.2, -0.15) is 8.78 Å². The molecule has 3 aromatic rings. The highest BCUT2D eigenvalue weighted by molar-refractivity contribution is 5.94. The lowest BCUT2D eigenvalue weighted by Crippen LogP contribution is -2.31. The number of aromatic nitrogens is 2. The number of hydrogen-bond acceptors (Lipinski definition) is 3. The van der Waals surface area contributed by atoms with Gasteiger partial charge < -0.3 is 14.6 Å². The summed E-state index contributed by atoms with van der Waals surface area (Å²) in [6, 6.07) is 14.6. The van der Waals surface area contributed by atoms with Gasteiger partial charge in [-0.15, -0.1) is 0 Å². The molecule has 1 aromatic heterocycles. The number of carbonyl (C=O) groups is 1. The van der Waals surface area contributed by atoms with Crippen LogP contribution in [0, 0.1) is 0 Å². The van der Waals surface area contributed by atoms with E-state index < -0.39 is 12.7 Å². The van der Waals surface area contributed by atoms with Crippen LogP contribution in [0.15, 0.2) is 67.0 Å². The Morgan fingerprint density at radius 2 is 1.81 bits per heavy atom. The summed E-state index contributed by atoms with van der Waals surface area (Å²) in [6.07, 6.45) is 3.46. The highest BCUT2D eigenvalue weighted by atomic mass is 19.3. The first-order valence-electron chi connectivity index (χ1n) is 7.92. The number of ether oxygens (including phenoxy) is 1. The quantitative estimate of drug-likeness (QED) is 0.734. The van der Waals surface area contributed by atoms with Crippen molar-refractivity contribution in [3.8, 4) is 5.75 Å². The number of benzene rings is 2. The third-order valence-corrected chi connectivity index (χ3v) is 3.87. The molecule has 1 heterocycles. The van der Waals surface area contributed by atoms with E-state index in [2.05, 4.69) is 15.0 Å². The van der Waals surface area contributed by atoms with E-state index in [4.69, 9.17) is 0 Å². The van der Waals surface area contributed by atoms with E-state index >= 15 is 0 Å². The first kappa shape index (κ1) is 17.6. The van der Waals surface area contributed by atoms with Gasteiger partial charge in [0.25, 0.3) is 5.91 Å². The number of alkyl halides is 2. The van der Waals surface area contributed by atoms with Crippen molar-refractivity contribution in [1.29, 1.82) is 0 Å². The molecule has 0 radical (unpaired) electrons. The van der Waals surface area contributed by atoms with Crippen LogP contribution in [0.1, 0.15) is 27.8 Å². The molecule has 0 saturated heterocycles. The summed E-state index contributed by atoms with van der Waals surface area (Å²) in [7, 11) is 1.85. The molecule has 0 aliphatic rings. The minimum atomic E-state index is -2.90. The molecule has 0 unspecified atom stereocenters. The molecule has 5 nitrogen and oxygen atoms in total. The minimum absolute atomic E-state index is 0.000241. The molecular weight excluding hydrogens is 340 g/mol. The molecule has 0 aliphatic heterocycles. The molecule has 134 valence electrons. The number of rotatable bonds is 6. The molecular formula is C19H17F2N3O2. The zero-order valence-electron chi connectivity index (χ0n) is 14.0. The van der Waals surface area contributed by atoms with Crippen molar-refractivity contribution in [1.82, 2.24) is 14.9 Å². The summed E-state index contributed by atoms with van der Waals surface area (Å²) in [4.78, 5) is 17.0. The molecule has 1 atom stereocenters. The molecule has 3 rings (SSSR count). The van der Waals surface area contributed by atoms with E-state index in [1.165, 1.54) is 24.3 Å². The van der Waals surface area contributed by atoms with E-state index in [0.717, 1.165) is 5.56 Å². The maximum atomic E-state index is 12.6. The van der Waals surface area contributed by atoms with E-state index in [-0.39, 0.29) is 11.7 Å². The van der Waals surface area contributed by atoms with Crippen LogP contribution in [0.3, 0.4) is 0 Å². The van der Waals surface area contributed by atoms with Crippen molar-refractivity contribution in [2.75, 3.05) is 0 Å². The van der Waals surface area contributed by atoms with Crippen molar-refractivity contribution in [2.45, 2.75) is 12.7 Å². The van der Waals surface area contributed by atoms with Gasteiger partial charge in [0.05, 0.1) is 0 Å². The number of carbonyl (C=O) groups excluding carboxylic acids is 1. The van der Waals surface area contributed by atoms with Crippen LogP contribution in [0.5, 0.6) is 5.75 Å². The van der Waals surface area contributed by atoms with Crippen molar-refractivity contribution in [3.63, 3.8) is 0 Å². The lowest BCUT2D eigenvalue weighted by atomic mass is 10.1. The van der Waals surface area contributed by atoms with Crippen LogP contribution in [-0.2, 0) is 7.05 Å². The Balaban J connectivity index is 1.83. The Hall–Kier alpha value is -3.22. The summed E-state index contributed by atoms with van der Waals surface area (Å²) in [5, 5.41) is 2.94. The van der Waals surface area contributed by atoms with E-state index in [0.29, 0.717) is 11.4 Å². The molecule has 2 aromatic carbocycles. The van der Waals surface area contributed by atoms with Gasteiger partial charge >= 0.3 is 6.61 Å². The van der Waals surface area contributed by atoms with Gasteiger partial charge in [0.15, 0.2) is 0 Å². The molecule has 0 bridgehead atoms. The smallest absolute Gasteiger partial charge is 0.387 e. The Labute approximate surface area is 149 Å². The number of hydrogen-bond donors (Lipinski definition) is 1. The van der Waals surface area contributed by atoms with Crippen LogP contribution < -0.4 is 10.1 Å². The fraction of sp³-hybridized carbons (Fsp3) is 0.158. The monoisotopic (exact) mass is 357 g/mol. The van der Waals surface area contributed by atoms with Gasteiger partial charge in [-0.3, -0.25) is 4.79 Å². The SMILES string of the molecule is Cn1ccnc1[C@@H](NC(=O)c1ccc(OC(F)F)cc1)c1ccccc1. The number of imidazole rings is 1. The number of halogens is 2. The zero-order valence-corrected chi connectivity index (χ0v) is 14.0. The van der Waals surface area contributed by atoms with Gasteiger partial charge in [-0.05, 0) is 29.8 Å². The second-order valence-corrected chi connectivity index (χ2v) is 5.62. The van der Waals surface area contributed by atoms with Gasteiger partial charge in [0, 0.05) is 25.0 Å². The van der Waals surface area contributed by atoms with Crippen LogP contribution in [0.2, 0.25) is 0 Å². The van der Waals surface area contributed by atoms with Gasteiger partial charge in [-0.1, -0.05) is 30.3 Å². The number of nitrogens with one attached hydrogen (secondary N) is 1. The maximum Gasteiger partial charge on any atom is 0.387 e. The molecule has 0 aliphatic carbocycles. The highest BCUT2D eigenvalue weighted by Crippen LogP contribution is 2.21. The summed E-state index contributed by atoms with van der Waals surface area (Å²) in [5.74, 6) is 0.341. The molecule has 26 heavy (non-hydrogen) atoms. The Bertz CT molecular complexity index is 864. The van der Waals surface area contributed by atoms with Gasteiger partial charge in [0.2, 0.25) is 0 Å². The zero-order chi connectivity index (χ0) is 18.5. The largest absolute Gasteiger partial charge is 0.435 e. The maximum absolute atomic E-state index is 12.6. The van der Waals surface area contributed by atoms with Crippen LogP contribution in [0.4, 0.5) is 8.78 Å². The van der Waals surface area contributed by atoms with E-state index in [9.17, 15) is 13.6 Å². The van der Waals surface area contributed by atoms with E-state index in [1.807, 2.05) is 41.9 Å². The van der Waals surface area contributed by atoms with Crippen LogP contribution in [-0.4, -0.2) is 22.1 Å². The lowest BCUT2D eigenvalue weighted by Gasteiger charge is -2.19. The van der Waals surface area contributed by atoms with Crippen molar-refractivity contribution >= 4 is 5.91 Å². The third kappa shape index (κ3) is 4.05. The fourth-order valence-corrected chi connectivity index (χ4v) is 2.60. The fourth-order valence-electron chi connectivity index (χ4n) is 2.60. The predicted molar refractivity (Wildman–Crippen MR) is 92.0 cm³/mol. The molecule has 0 saturated carbocycles. The first-order chi connectivity index (χ1) is 12.5. The minimum Gasteiger partial charge on any atom is -0.435 e. The molecule has 0 fully saturated rings. The second-order valence-electron chi connectivity index (χ2n) is 5.62. The third-order valence-electron chi connectivity index (χ3n) is 3.87. The topological polar surface area (TPSA) is 56.2 Å². The molecule has 7 heteroatoms. The first-order valence-corrected chi connectivity index (χ1v) is 7.92. The Morgan fingerprint density at radius 3 is 2.38 bits per heavy atom.